The summed E-state index contributed by atoms with van der Waals surface area (Å²) in [5.74, 6) is -0.667. The molecule has 1 amide bonds. The molecule has 0 aliphatic carbocycles. The summed E-state index contributed by atoms with van der Waals surface area (Å²) in [5, 5.41) is 11.7. The Hall–Kier alpha value is -1.59. The number of halogens is 1. The van der Waals surface area contributed by atoms with Gasteiger partial charge in [0, 0.05) is 12.2 Å². The molecule has 1 atom stereocenters. The third-order valence-corrected chi connectivity index (χ3v) is 3.89. The molecule has 0 saturated carbocycles. The van der Waals surface area contributed by atoms with Gasteiger partial charge in [0.1, 0.15) is 0 Å². The fourth-order valence-corrected chi connectivity index (χ4v) is 2.24. The lowest BCUT2D eigenvalue weighted by Gasteiger charge is -2.24. The number of carbonyl (C=O) groups is 2. The zero-order valence-corrected chi connectivity index (χ0v) is 15.2. The van der Waals surface area contributed by atoms with Crippen LogP contribution in [0.2, 0.25) is 0 Å². The first-order valence-electron chi connectivity index (χ1n) is 7.56. The molecular weight excluding hydrogens is 316 g/mol. The van der Waals surface area contributed by atoms with Crippen molar-refractivity contribution < 1.29 is 14.7 Å². The summed E-state index contributed by atoms with van der Waals surface area (Å²) in [4.78, 5) is 24.8. The van der Waals surface area contributed by atoms with Crippen molar-refractivity contribution in [3.63, 3.8) is 0 Å². The number of carbonyl (C=O) groups excluding carboxylic acids is 1. The van der Waals surface area contributed by atoms with Gasteiger partial charge in [-0.05, 0) is 37.9 Å². The van der Waals surface area contributed by atoms with Gasteiger partial charge < -0.3 is 10.4 Å². The van der Waals surface area contributed by atoms with E-state index in [1.54, 1.807) is 18.9 Å². The maximum absolute atomic E-state index is 12.4. The Labute approximate surface area is 144 Å². The SMILES string of the molecule is Cc1cccc(C(C)C)c1NC(=O)C(C)N(C)CCC(=O)O.Cl. The smallest absolute Gasteiger partial charge is 0.304 e. The number of nitrogens with zero attached hydrogens (tertiary/aromatic N) is 1. The van der Waals surface area contributed by atoms with Crippen LogP contribution < -0.4 is 5.32 Å². The minimum atomic E-state index is -0.861. The molecule has 130 valence electrons. The van der Waals surface area contributed by atoms with E-state index in [4.69, 9.17) is 5.11 Å². The normalized spacial score (nSPS) is 12.0. The Morgan fingerprint density at radius 2 is 1.87 bits per heavy atom. The van der Waals surface area contributed by atoms with Gasteiger partial charge in [-0.15, -0.1) is 12.4 Å². The molecule has 2 N–H and O–H groups in total. The van der Waals surface area contributed by atoms with Gasteiger partial charge in [-0.2, -0.15) is 0 Å². The van der Waals surface area contributed by atoms with Crippen molar-refractivity contribution in [2.45, 2.75) is 46.1 Å². The fourth-order valence-electron chi connectivity index (χ4n) is 2.24. The number of nitrogens with one attached hydrogen (secondary N) is 1. The zero-order valence-electron chi connectivity index (χ0n) is 14.4. The second kappa shape index (κ2) is 9.53. The van der Waals surface area contributed by atoms with Crippen molar-refractivity contribution in [2.75, 3.05) is 18.9 Å². The Kier molecular flexibility index (Phi) is 8.87. The molecule has 0 aliphatic rings. The molecule has 0 bridgehead atoms. The molecular formula is C17H27ClN2O3. The van der Waals surface area contributed by atoms with Crippen molar-refractivity contribution in [2.24, 2.45) is 0 Å². The van der Waals surface area contributed by atoms with Gasteiger partial charge in [0.05, 0.1) is 12.5 Å². The van der Waals surface area contributed by atoms with E-state index in [2.05, 4.69) is 19.2 Å². The van der Waals surface area contributed by atoms with Crippen LogP contribution in [0.15, 0.2) is 18.2 Å². The molecule has 0 aromatic heterocycles. The number of aryl methyl sites for hydroxylation is 1. The second-order valence-corrected chi connectivity index (χ2v) is 5.98. The predicted molar refractivity (Wildman–Crippen MR) is 95.5 cm³/mol. The lowest BCUT2D eigenvalue weighted by Crippen LogP contribution is -2.40. The van der Waals surface area contributed by atoms with E-state index < -0.39 is 5.97 Å². The number of amides is 1. The molecule has 5 nitrogen and oxygen atoms in total. The van der Waals surface area contributed by atoms with E-state index in [-0.39, 0.29) is 30.8 Å². The topological polar surface area (TPSA) is 69.6 Å². The van der Waals surface area contributed by atoms with Gasteiger partial charge in [-0.3, -0.25) is 14.5 Å². The number of aliphatic carboxylic acids is 1. The van der Waals surface area contributed by atoms with E-state index in [9.17, 15) is 9.59 Å². The zero-order chi connectivity index (χ0) is 16.9. The van der Waals surface area contributed by atoms with E-state index in [0.29, 0.717) is 12.5 Å². The second-order valence-electron chi connectivity index (χ2n) is 5.98. The molecule has 1 aromatic carbocycles. The highest BCUT2D eigenvalue weighted by atomic mass is 35.5. The molecule has 0 fully saturated rings. The van der Waals surface area contributed by atoms with E-state index in [1.165, 1.54) is 0 Å². The standard InChI is InChI=1S/C17H26N2O3.ClH/c1-11(2)14-8-6-7-12(3)16(14)18-17(22)13(4)19(5)10-9-15(20)21;/h6-8,11,13H,9-10H2,1-5H3,(H,18,22)(H,20,21);1H. The van der Waals surface area contributed by atoms with Gasteiger partial charge in [0.25, 0.3) is 0 Å². The van der Waals surface area contributed by atoms with E-state index in [0.717, 1.165) is 16.8 Å². The van der Waals surface area contributed by atoms with E-state index >= 15 is 0 Å². The first-order chi connectivity index (χ1) is 10.2. The number of para-hydroxylation sites is 1. The lowest BCUT2D eigenvalue weighted by atomic mass is 9.98. The largest absolute Gasteiger partial charge is 0.481 e. The Morgan fingerprint density at radius 3 is 2.39 bits per heavy atom. The van der Waals surface area contributed by atoms with Gasteiger partial charge in [0.15, 0.2) is 0 Å². The molecule has 6 heteroatoms. The summed E-state index contributed by atoms with van der Waals surface area (Å²) >= 11 is 0. The number of benzene rings is 1. The van der Waals surface area contributed by atoms with Gasteiger partial charge in [0.2, 0.25) is 5.91 Å². The van der Waals surface area contributed by atoms with Crippen LogP contribution in [-0.4, -0.2) is 41.5 Å². The summed E-state index contributed by atoms with van der Waals surface area (Å²) in [6, 6.07) is 5.59. The molecule has 23 heavy (non-hydrogen) atoms. The van der Waals surface area contributed by atoms with Gasteiger partial charge in [-0.1, -0.05) is 32.0 Å². The number of anilines is 1. The average Bonchev–Trinajstić information content (AvgIpc) is 2.45. The lowest BCUT2D eigenvalue weighted by molar-refractivity contribution is -0.137. The molecule has 0 radical (unpaired) electrons. The summed E-state index contributed by atoms with van der Waals surface area (Å²) in [6.45, 7) is 8.28. The molecule has 0 saturated heterocycles. The van der Waals surface area contributed by atoms with E-state index in [1.807, 2.05) is 25.1 Å². The van der Waals surface area contributed by atoms with Crippen LogP contribution in [-0.2, 0) is 9.59 Å². The average molecular weight is 343 g/mol. The van der Waals surface area contributed by atoms with Crippen molar-refractivity contribution >= 4 is 30.0 Å². The summed E-state index contributed by atoms with van der Waals surface area (Å²) in [5.41, 5.74) is 3.00. The maximum atomic E-state index is 12.4. The van der Waals surface area contributed by atoms with Gasteiger partial charge in [-0.25, -0.2) is 0 Å². The van der Waals surface area contributed by atoms with Crippen molar-refractivity contribution in [1.29, 1.82) is 0 Å². The van der Waals surface area contributed by atoms with Crippen LogP contribution in [0.1, 0.15) is 44.2 Å². The number of rotatable bonds is 7. The number of hydrogen-bond acceptors (Lipinski definition) is 3. The highest BCUT2D eigenvalue weighted by molar-refractivity contribution is 5.96. The highest BCUT2D eigenvalue weighted by Gasteiger charge is 2.20. The Morgan fingerprint density at radius 1 is 1.26 bits per heavy atom. The van der Waals surface area contributed by atoms with Crippen LogP contribution in [0, 0.1) is 6.92 Å². The summed E-state index contributed by atoms with van der Waals surface area (Å²) < 4.78 is 0. The number of likely N-dealkylation sites (N-methyl/N-ethyl adjacent to an activating group) is 1. The molecule has 1 aromatic rings. The van der Waals surface area contributed by atoms with Crippen LogP contribution in [0.5, 0.6) is 0 Å². The molecule has 0 spiro atoms. The number of carboxylic acid groups (broad SMARTS) is 1. The third kappa shape index (κ3) is 6.20. The minimum Gasteiger partial charge on any atom is -0.481 e. The van der Waals surface area contributed by atoms with Crippen molar-refractivity contribution in [3.8, 4) is 0 Å². The molecule has 1 rings (SSSR count). The summed E-state index contributed by atoms with van der Waals surface area (Å²) in [6.07, 6.45) is 0.0235. The van der Waals surface area contributed by atoms with Crippen LogP contribution in [0.4, 0.5) is 5.69 Å². The third-order valence-electron chi connectivity index (χ3n) is 3.89. The monoisotopic (exact) mass is 342 g/mol. The van der Waals surface area contributed by atoms with Crippen LogP contribution in [0.3, 0.4) is 0 Å². The Balaban J connectivity index is 0.00000484. The van der Waals surface area contributed by atoms with Crippen molar-refractivity contribution in [3.05, 3.63) is 29.3 Å². The fraction of sp³-hybridized carbons (Fsp3) is 0.529. The Bertz CT molecular complexity index is 547. The first-order valence-corrected chi connectivity index (χ1v) is 7.56. The minimum absolute atomic E-state index is 0. The number of carboxylic acids is 1. The highest BCUT2D eigenvalue weighted by Crippen LogP contribution is 2.27. The predicted octanol–water partition coefficient (Wildman–Crippen LogP) is 3.27. The number of hydrogen-bond donors (Lipinski definition) is 2. The maximum Gasteiger partial charge on any atom is 0.304 e. The van der Waals surface area contributed by atoms with Crippen LogP contribution in [0.25, 0.3) is 0 Å². The molecule has 1 unspecified atom stereocenters. The quantitative estimate of drug-likeness (QED) is 0.797. The van der Waals surface area contributed by atoms with Crippen molar-refractivity contribution in [1.82, 2.24) is 4.90 Å². The summed E-state index contributed by atoms with van der Waals surface area (Å²) in [7, 11) is 1.76. The van der Waals surface area contributed by atoms with Gasteiger partial charge >= 0.3 is 5.97 Å². The first kappa shape index (κ1) is 21.4. The van der Waals surface area contributed by atoms with Crippen LogP contribution >= 0.6 is 12.4 Å². The molecule has 0 aliphatic heterocycles. The molecule has 0 heterocycles.